The maximum absolute atomic E-state index is 13.0. The van der Waals surface area contributed by atoms with Gasteiger partial charge in [-0.05, 0) is 12.8 Å². The van der Waals surface area contributed by atoms with E-state index in [1.165, 1.54) is 24.9 Å². The third kappa shape index (κ3) is 5.01. The molecular weight excluding hydrogens is 420 g/mol. The van der Waals surface area contributed by atoms with Crippen LogP contribution in [0.2, 0.25) is 0 Å². The van der Waals surface area contributed by atoms with Gasteiger partial charge < -0.3 is 29.5 Å². The first-order valence-electron chi connectivity index (χ1n) is 10.3. The summed E-state index contributed by atoms with van der Waals surface area (Å²) in [5, 5.41) is 21.2. The van der Waals surface area contributed by atoms with Crippen LogP contribution in [0.25, 0.3) is 0 Å². The molecule has 1 aliphatic carbocycles. The first-order chi connectivity index (χ1) is 15.2. The SMILES string of the molecule is CC(=O)OCC1=CN(C2=C(O)C(=O)C(N3CCCC(COC(C)=O)C3)=C(O)C2=O)CC=C1. The maximum Gasteiger partial charge on any atom is 0.302 e. The third-order valence-corrected chi connectivity index (χ3v) is 5.35. The number of ketones is 2. The van der Waals surface area contributed by atoms with Crippen LogP contribution < -0.4 is 0 Å². The van der Waals surface area contributed by atoms with E-state index in [0.29, 0.717) is 25.1 Å². The molecule has 0 bridgehead atoms. The fourth-order valence-corrected chi connectivity index (χ4v) is 3.89. The van der Waals surface area contributed by atoms with Gasteiger partial charge in [-0.15, -0.1) is 0 Å². The number of likely N-dealkylation sites (tertiary alicyclic amines) is 1. The molecule has 0 aromatic carbocycles. The van der Waals surface area contributed by atoms with Crippen molar-refractivity contribution in [3.8, 4) is 0 Å². The Morgan fingerprint density at radius 2 is 1.72 bits per heavy atom. The standard InChI is InChI=1S/C22H26N2O8/c1-13(25)31-11-15-5-3-7-23(9-15)17-19(27)21(29)18(22(30)20(17)28)24-8-4-6-16(10-24)12-32-14(2)26/h3,5,9,16,27,30H,4,6-8,10-12H2,1-2H3. The molecule has 0 saturated carbocycles. The van der Waals surface area contributed by atoms with Crippen LogP contribution >= 0.6 is 0 Å². The lowest BCUT2D eigenvalue weighted by Gasteiger charge is -2.37. The van der Waals surface area contributed by atoms with Crippen LogP contribution in [0.4, 0.5) is 0 Å². The molecule has 0 spiro atoms. The predicted octanol–water partition coefficient (Wildman–Crippen LogP) is 1.27. The Morgan fingerprint density at radius 1 is 1.06 bits per heavy atom. The van der Waals surface area contributed by atoms with Crippen molar-refractivity contribution in [1.82, 2.24) is 9.80 Å². The Morgan fingerprint density at radius 3 is 2.41 bits per heavy atom. The number of hydrogen-bond donors (Lipinski definition) is 2. The molecule has 1 unspecified atom stereocenters. The summed E-state index contributed by atoms with van der Waals surface area (Å²) in [6.45, 7) is 3.60. The zero-order valence-corrected chi connectivity index (χ0v) is 18.0. The van der Waals surface area contributed by atoms with Gasteiger partial charge in [-0.3, -0.25) is 19.2 Å². The van der Waals surface area contributed by atoms with Gasteiger partial charge in [-0.25, -0.2) is 0 Å². The highest BCUT2D eigenvalue weighted by Gasteiger charge is 2.41. The molecule has 0 aromatic heterocycles. The number of ether oxygens (including phenoxy) is 2. The average molecular weight is 446 g/mol. The number of esters is 2. The summed E-state index contributed by atoms with van der Waals surface area (Å²) in [4.78, 5) is 50.9. The number of piperidine rings is 1. The van der Waals surface area contributed by atoms with Crippen LogP contribution in [0.3, 0.4) is 0 Å². The minimum Gasteiger partial charge on any atom is -0.503 e. The van der Waals surface area contributed by atoms with E-state index < -0.39 is 35.0 Å². The molecular formula is C22H26N2O8. The highest BCUT2D eigenvalue weighted by atomic mass is 16.5. The molecule has 0 radical (unpaired) electrons. The monoisotopic (exact) mass is 446 g/mol. The van der Waals surface area contributed by atoms with E-state index in [1.54, 1.807) is 17.1 Å². The van der Waals surface area contributed by atoms with Crippen LogP contribution in [0.1, 0.15) is 26.7 Å². The summed E-state index contributed by atoms with van der Waals surface area (Å²) in [6.07, 6.45) is 6.29. The Balaban J connectivity index is 1.81. The van der Waals surface area contributed by atoms with E-state index in [0.717, 1.165) is 6.42 Å². The molecule has 2 N–H and O–H groups in total. The minimum absolute atomic E-state index is 0.0386. The predicted molar refractivity (Wildman–Crippen MR) is 111 cm³/mol. The fraction of sp³-hybridized carbons (Fsp3) is 0.455. The number of rotatable bonds is 6. The fourth-order valence-electron chi connectivity index (χ4n) is 3.89. The molecule has 3 rings (SSSR count). The molecule has 0 amide bonds. The number of aliphatic hydroxyl groups excluding tert-OH is 2. The van der Waals surface area contributed by atoms with E-state index in [-0.39, 0.29) is 37.1 Å². The quantitative estimate of drug-likeness (QED) is 0.454. The Kier molecular flexibility index (Phi) is 7.01. The molecule has 2 aliphatic heterocycles. The lowest BCUT2D eigenvalue weighted by atomic mass is 9.94. The summed E-state index contributed by atoms with van der Waals surface area (Å²) in [7, 11) is 0. The van der Waals surface area contributed by atoms with Crippen LogP contribution in [-0.4, -0.2) is 76.4 Å². The molecule has 32 heavy (non-hydrogen) atoms. The van der Waals surface area contributed by atoms with Crippen molar-refractivity contribution in [3.63, 3.8) is 0 Å². The van der Waals surface area contributed by atoms with Crippen LogP contribution in [0.15, 0.2) is 46.8 Å². The number of carbonyl (C=O) groups is 4. The van der Waals surface area contributed by atoms with Crippen molar-refractivity contribution in [2.75, 3.05) is 32.8 Å². The number of nitrogens with zero attached hydrogens (tertiary/aromatic N) is 2. The molecule has 0 aromatic rings. The normalized spacial score (nSPS) is 21.7. The van der Waals surface area contributed by atoms with Gasteiger partial charge in [0.1, 0.15) is 18.0 Å². The summed E-state index contributed by atoms with van der Waals surface area (Å²) in [5.74, 6) is -4.17. The topological polar surface area (TPSA) is 134 Å². The number of carbonyl (C=O) groups excluding carboxylic acids is 4. The second-order valence-corrected chi connectivity index (χ2v) is 7.85. The van der Waals surface area contributed by atoms with Gasteiger partial charge >= 0.3 is 11.9 Å². The maximum atomic E-state index is 13.0. The van der Waals surface area contributed by atoms with Gasteiger partial charge in [0.2, 0.25) is 11.6 Å². The van der Waals surface area contributed by atoms with Crippen molar-refractivity contribution >= 4 is 23.5 Å². The van der Waals surface area contributed by atoms with Gasteiger partial charge in [0.25, 0.3) is 0 Å². The number of Topliss-reactive ketones (excluding diaryl/α,β-unsaturated/α-hetero) is 2. The minimum atomic E-state index is -0.877. The van der Waals surface area contributed by atoms with Crippen molar-refractivity contribution in [3.05, 3.63) is 46.8 Å². The molecule has 10 heteroatoms. The van der Waals surface area contributed by atoms with Crippen LogP contribution in [-0.2, 0) is 28.7 Å². The molecule has 1 fully saturated rings. The number of aliphatic hydroxyl groups is 2. The zero-order chi connectivity index (χ0) is 23.4. The lowest BCUT2D eigenvalue weighted by Crippen LogP contribution is -2.43. The van der Waals surface area contributed by atoms with Crippen LogP contribution in [0, 0.1) is 5.92 Å². The molecule has 2 heterocycles. The van der Waals surface area contributed by atoms with Crippen molar-refractivity contribution in [2.24, 2.45) is 5.92 Å². The smallest absolute Gasteiger partial charge is 0.302 e. The van der Waals surface area contributed by atoms with E-state index >= 15 is 0 Å². The molecule has 10 nitrogen and oxygen atoms in total. The summed E-state index contributed by atoms with van der Waals surface area (Å²) in [5.41, 5.74) is -0.0413. The summed E-state index contributed by atoms with van der Waals surface area (Å²) < 4.78 is 9.99. The molecule has 1 atom stereocenters. The van der Waals surface area contributed by atoms with Gasteiger partial charge in [-0.1, -0.05) is 12.2 Å². The van der Waals surface area contributed by atoms with Gasteiger partial charge in [0.05, 0.1) is 6.61 Å². The second kappa shape index (κ2) is 9.71. The van der Waals surface area contributed by atoms with Crippen LogP contribution in [0.5, 0.6) is 0 Å². The Labute approximate surface area is 185 Å². The van der Waals surface area contributed by atoms with Gasteiger partial charge in [-0.2, -0.15) is 0 Å². The summed E-state index contributed by atoms with van der Waals surface area (Å²) in [6, 6.07) is 0. The third-order valence-electron chi connectivity index (χ3n) is 5.35. The summed E-state index contributed by atoms with van der Waals surface area (Å²) >= 11 is 0. The molecule has 1 saturated heterocycles. The van der Waals surface area contributed by atoms with Gasteiger partial charge in [0, 0.05) is 51.2 Å². The van der Waals surface area contributed by atoms with Crippen molar-refractivity contribution in [1.29, 1.82) is 0 Å². The van der Waals surface area contributed by atoms with E-state index in [2.05, 4.69) is 0 Å². The Hall–Kier alpha value is -3.56. The first kappa shape index (κ1) is 23.1. The van der Waals surface area contributed by atoms with Crippen molar-refractivity contribution < 1.29 is 38.9 Å². The van der Waals surface area contributed by atoms with E-state index in [1.807, 2.05) is 0 Å². The highest BCUT2D eigenvalue weighted by Crippen LogP contribution is 2.31. The average Bonchev–Trinajstić information content (AvgIpc) is 2.76. The second-order valence-electron chi connectivity index (χ2n) is 7.85. The van der Waals surface area contributed by atoms with Crippen molar-refractivity contribution in [2.45, 2.75) is 26.7 Å². The molecule has 3 aliphatic rings. The largest absolute Gasteiger partial charge is 0.503 e. The highest BCUT2D eigenvalue weighted by molar-refractivity contribution is 6.22. The lowest BCUT2D eigenvalue weighted by molar-refractivity contribution is -0.143. The zero-order valence-electron chi connectivity index (χ0n) is 18.0. The Bertz CT molecular complexity index is 959. The van der Waals surface area contributed by atoms with E-state index in [9.17, 15) is 29.4 Å². The number of hydrogen-bond acceptors (Lipinski definition) is 10. The molecule has 172 valence electrons. The van der Waals surface area contributed by atoms with Gasteiger partial charge in [0.15, 0.2) is 11.5 Å². The first-order valence-corrected chi connectivity index (χ1v) is 10.3. The van der Waals surface area contributed by atoms with E-state index in [4.69, 9.17) is 9.47 Å².